The van der Waals surface area contributed by atoms with E-state index in [0.717, 1.165) is 51.6 Å². The predicted molar refractivity (Wildman–Crippen MR) is 76.6 cm³/mol. The summed E-state index contributed by atoms with van der Waals surface area (Å²) in [5.74, 6) is 0.987. The number of rotatable bonds is 6. The van der Waals surface area contributed by atoms with E-state index in [4.69, 9.17) is 9.84 Å². The van der Waals surface area contributed by atoms with E-state index in [1.807, 2.05) is 18.2 Å². The zero-order valence-electron chi connectivity index (χ0n) is 11.7. The van der Waals surface area contributed by atoms with Crippen LogP contribution in [0.5, 0.6) is 5.75 Å². The van der Waals surface area contributed by atoms with E-state index in [9.17, 15) is 0 Å². The highest BCUT2D eigenvalue weighted by molar-refractivity contribution is 5.31. The average molecular weight is 264 g/mol. The molecule has 106 valence electrons. The summed E-state index contributed by atoms with van der Waals surface area (Å²) >= 11 is 0. The molecule has 1 saturated heterocycles. The molecule has 0 aromatic heterocycles. The summed E-state index contributed by atoms with van der Waals surface area (Å²) in [4.78, 5) is 4.73. The van der Waals surface area contributed by atoms with Crippen LogP contribution >= 0.6 is 0 Å². The molecule has 19 heavy (non-hydrogen) atoms. The Labute approximate surface area is 115 Å². The van der Waals surface area contributed by atoms with Crippen molar-refractivity contribution in [3.05, 3.63) is 29.8 Å². The molecule has 0 bridgehead atoms. The molecule has 1 aromatic rings. The number of piperazine rings is 1. The first-order valence-electron chi connectivity index (χ1n) is 7.03. The molecule has 1 fully saturated rings. The van der Waals surface area contributed by atoms with Crippen molar-refractivity contribution in [3.8, 4) is 5.75 Å². The fraction of sp³-hybridized carbons (Fsp3) is 0.600. The van der Waals surface area contributed by atoms with E-state index >= 15 is 0 Å². The molecule has 1 aliphatic heterocycles. The van der Waals surface area contributed by atoms with Gasteiger partial charge in [0.15, 0.2) is 0 Å². The largest absolute Gasteiger partial charge is 0.492 e. The lowest BCUT2D eigenvalue weighted by Crippen LogP contribution is -2.48. The van der Waals surface area contributed by atoms with Crippen LogP contribution in [0.25, 0.3) is 0 Å². The predicted octanol–water partition coefficient (Wildman–Crippen LogP) is 0.984. The molecule has 1 aromatic carbocycles. The number of hydrogen-bond donors (Lipinski definition) is 1. The Morgan fingerprint density at radius 3 is 2.32 bits per heavy atom. The number of aliphatic hydroxyl groups excluding tert-OH is 1. The van der Waals surface area contributed by atoms with Crippen molar-refractivity contribution < 1.29 is 9.84 Å². The summed E-state index contributed by atoms with van der Waals surface area (Å²) in [6.45, 7) is 9.07. The third-order valence-electron chi connectivity index (χ3n) is 3.64. The van der Waals surface area contributed by atoms with Gasteiger partial charge in [0.25, 0.3) is 0 Å². The minimum Gasteiger partial charge on any atom is -0.492 e. The Morgan fingerprint density at radius 1 is 1.05 bits per heavy atom. The van der Waals surface area contributed by atoms with Gasteiger partial charge in [-0.3, -0.25) is 9.80 Å². The summed E-state index contributed by atoms with van der Waals surface area (Å²) in [7, 11) is 0. The van der Waals surface area contributed by atoms with Gasteiger partial charge in [0.1, 0.15) is 12.4 Å². The van der Waals surface area contributed by atoms with Crippen LogP contribution in [0.3, 0.4) is 0 Å². The lowest BCUT2D eigenvalue weighted by Gasteiger charge is -2.34. The minimum absolute atomic E-state index is 0.260. The second kappa shape index (κ2) is 7.48. The molecule has 0 spiro atoms. The van der Waals surface area contributed by atoms with Crippen molar-refractivity contribution in [2.45, 2.75) is 6.92 Å². The number of aliphatic hydroxyl groups is 1. The summed E-state index contributed by atoms with van der Waals surface area (Å²) in [6, 6.07) is 8.14. The number of para-hydroxylation sites is 1. The van der Waals surface area contributed by atoms with Crippen LogP contribution in [-0.4, -0.2) is 67.4 Å². The normalized spacial score (nSPS) is 17.6. The molecule has 4 heteroatoms. The molecule has 1 N–H and O–H groups in total. The van der Waals surface area contributed by atoms with Crippen LogP contribution in [0.2, 0.25) is 0 Å². The Morgan fingerprint density at radius 2 is 1.68 bits per heavy atom. The van der Waals surface area contributed by atoms with Gasteiger partial charge < -0.3 is 9.84 Å². The molecule has 0 amide bonds. The SMILES string of the molecule is Cc1ccccc1OCCN1CCN(CCO)CC1. The molecule has 0 unspecified atom stereocenters. The van der Waals surface area contributed by atoms with Gasteiger partial charge in [-0.1, -0.05) is 18.2 Å². The van der Waals surface area contributed by atoms with E-state index in [-0.39, 0.29) is 6.61 Å². The van der Waals surface area contributed by atoms with Crippen LogP contribution in [0.15, 0.2) is 24.3 Å². The molecule has 1 aliphatic rings. The number of benzene rings is 1. The first kappa shape index (κ1) is 14.3. The molecule has 0 aliphatic carbocycles. The quantitative estimate of drug-likeness (QED) is 0.831. The topological polar surface area (TPSA) is 35.9 Å². The van der Waals surface area contributed by atoms with Gasteiger partial charge >= 0.3 is 0 Å². The van der Waals surface area contributed by atoms with E-state index in [1.165, 1.54) is 5.56 Å². The fourth-order valence-electron chi connectivity index (χ4n) is 2.38. The molecule has 0 saturated carbocycles. The van der Waals surface area contributed by atoms with Crippen LogP contribution in [0.4, 0.5) is 0 Å². The molecular weight excluding hydrogens is 240 g/mol. The third kappa shape index (κ3) is 4.49. The molecule has 0 atom stereocenters. The van der Waals surface area contributed by atoms with Crippen molar-refractivity contribution in [1.82, 2.24) is 9.80 Å². The van der Waals surface area contributed by atoms with Gasteiger partial charge in [0.05, 0.1) is 6.61 Å². The van der Waals surface area contributed by atoms with Gasteiger partial charge in [-0.05, 0) is 18.6 Å². The van der Waals surface area contributed by atoms with Gasteiger partial charge in [-0.15, -0.1) is 0 Å². The second-order valence-corrected chi connectivity index (χ2v) is 5.02. The zero-order valence-corrected chi connectivity index (χ0v) is 11.7. The van der Waals surface area contributed by atoms with Crippen molar-refractivity contribution in [2.75, 3.05) is 52.5 Å². The summed E-state index contributed by atoms with van der Waals surface area (Å²) in [5, 5.41) is 8.90. The van der Waals surface area contributed by atoms with Crippen molar-refractivity contribution in [1.29, 1.82) is 0 Å². The highest BCUT2D eigenvalue weighted by atomic mass is 16.5. The first-order valence-corrected chi connectivity index (χ1v) is 7.03. The maximum absolute atomic E-state index is 8.90. The van der Waals surface area contributed by atoms with E-state index in [0.29, 0.717) is 0 Å². The van der Waals surface area contributed by atoms with Crippen LogP contribution in [-0.2, 0) is 0 Å². The van der Waals surface area contributed by atoms with Gasteiger partial charge in [0, 0.05) is 39.3 Å². The first-order chi connectivity index (χ1) is 9.29. The van der Waals surface area contributed by atoms with Gasteiger partial charge in [0.2, 0.25) is 0 Å². The maximum atomic E-state index is 8.90. The average Bonchev–Trinajstić information content (AvgIpc) is 2.43. The summed E-state index contributed by atoms with van der Waals surface area (Å²) < 4.78 is 5.82. The number of hydrogen-bond acceptors (Lipinski definition) is 4. The van der Waals surface area contributed by atoms with Crippen LogP contribution in [0, 0.1) is 6.92 Å². The van der Waals surface area contributed by atoms with Crippen molar-refractivity contribution in [3.63, 3.8) is 0 Å². The standard InChI is InChI=1S/C15H24N2O2/c1-14-4-2-3-5-15(14)19-13-11-17-8-6-16(7-9-17)10-12-18/h2-5,18H,6-13H2,1H3. The van der Waals surface area contributed by atoms with Gasteiger partial charge in [-0.25, -0.2) is 0 Å². The Bertz CT molecular complexity index is 376. The van der Waals surface area contributed by atoms with Crippen molar-refractivity contribution >= 4 is 0 Å². The third-order valence-corrected chi connectivity index (χ3v) is 3.64. The molecule has 4 nitrogen and oxygen atoms in total. The van der Waals surface area contributed by atoms with Crippen LogP contribution in [0.1, 0.15) is 5.56 Å². The van der Waals surface area contributed by atoms with E-state index in [1.54, 1.807) is 0 Å². The van der Waals surface area contributed by atoms with E-state index in [2.05, 4.69) is 22.8 Å². The minimum atomic E-state index is 0.260. The highest BCUT2D eigenvalue weighted by Crippen LogP contribution is 2.15. The van der Waals surface area contributed by atoms with Crippen LogP contribution < -0.4 is 4.74 Å². The number of aryl methyl sites for hydroxylation is 1. The van der Waals surface area contributed by atoms with E-state index < -0.39 is 0 Å². The lowest BCUT2D eigenvalue weighted by molar-refractivity contribution is 0.101. The molecule has 0 radical (unpaired) electrons. The summed E-state index contributed by atoms with van der Waals surface area (Å²) in [5.41, 5.74) is 1.19. The molecule has 2 rings (SSSR count). The van der Waals surface area contributed by atoms with Crippen molar-refractivity contribution in [2.24, 2.45) is 0 Å². The fourth-order valence-corrected chi connectivity index (χ4v) is 2.38. The lowest BCUT2D eigenvalue weighted by atomic mass is 10.2. The smallest absolute Gasteiger partial charge is 0.122 e. The number of ether oxygens (including phenoxy) is 1. The Kier molecular flexibility index (Phi) is 5.63. The zero-order chi connectivity index (χ0) is 13.5. The Balaban J connectivity index is 1.66. The Hall–Kier alpha value is -1.10. The monoisotopic (exact) mass is 264 g/mol. The number of β-amino-alcohol motifs (C(OH)–C–C–N with tert-alkyl or cyclic N) is 1. The second-order valence-electron chi connectivity index (χ2n) is 5.02. The highest BCUT2D eigenvalue weighted by Gasteiger charge is 2.15. The number of nitrogens with zero attached hydrogens (tertiary/aromatic N) is 2. The summed E-state index contributed by atoms with van der Waals surface area (Å²) in [6.07, 6.45) is 0. The molecule has 1 heterocycles. The maximum Gasteiger partial charge on any atom is 0.122 e. The van der Waals surface area contributed by atoms with Gasteiger partial charge in [-0.2, -0.15) is 0 Å². The molecular formula is C15H24N2O2.